The van der Waals surface area contributed by atoms with Crippen molar-refractivity contribution < 1.29 is 4.42 Å². The lowest BCUT2D eigenvalue weighted by Crippen LogP contribution is -2.01. The first kappa shape index (κ1) is 45.4. The Balaban J connectivity index is 0.952. The summed E-state index contributed by atoms with van der Waals surface area (Å²) in [6, 6.07) is 99.6. The van der Waals surface area contributed by atoms with Gasteiger partial charge < -0.3 is 8.98 Å². The topological polar surface area (TPSA) is 56.7 Å². The summed E-state index contributed by atoms with van der Waals surface area (Å²) >= 11 is 0. The van der Waals surface area contributed by atoms with E-state index in [4.69, 9.17) is 19.4 Å². The van der Waals surface area contributed by atoms with Gasteiger partial charge in [-0.1, -0.05) is 231 Å². The standard InChI is InChI=1S/C75H46N4O/c1-3-17-47(18-4-1)53-26-13-28-57(41-53)73-76-74(58-29-14-27-54(42-58)48-19-5-2-6-20-48)78-75(77-73)62-33-16-34-69-72(62)65-45-63(52-37-35-51(36-38-52)60-32-15-25-49-21-9-11-30-59(49)60)68(46-70(65)80-69)79-66-40-39-50-22-10-12-31-61(50)71(66)64-43-55-23-7-8-24-56(55)44-67(64)79/h1-46H. The summed E-state index contributed by atoms with van der Waals surface area (Å²) in [7, 11) is 0. The highest BCUT2D eigenvalue weighted by Gasteiger charge is 2.24. The van der Waals surface area contributed by atoms with Crippen LogP contribution >= 0.6 is 0 Å². The molecular formula is C75H46N4O. The minimum absolute atomic E-state index is 0.555. The van der Waals surface area contributed by atoms with E-state index in [-0.39, 0.29) is 0 Å². The van der Waals surface area contributed by atoms with Gasteiger partial charge in [-0.25, -0.2) is 15.0 Å². The Kier molecular flexibility index (Phi) is 10.5. The Morgan fingerprint density at radius 3 is 1.45 bits per heavy atom. The third-order valence-electron chi connectivity index (χ3n) is 16.0. The number of furan rings is 1. The fraction of sp³-hybridized carbons (Fsp3) is 0. The highest BCUT2D eigenvalue weighted by atomic mass is 16.3. The summed E-state index contributed by atoms with van der Waals surface area (Å²) in [5.74, 6) is 1.72. The van der Waals surface area contributed by atoms with Crippen molar-refractivity contribution >= 4 is 76.1 Å². The van der Waals surface area contributed by atoms with Gasteiger partial charge >= 0.3 is 0 Å². The van der Waals surface area contributed by atoms with Crippen molar-refractivity contribution in [3.8, 4) is 84.4 Å². The number of nitrogens with zero attached hydrogens (tertiary/aromatic N) is 4. The lowest BCUT2D eigenvalue weighted by Gasteiger charge is -2.16. The van der Waals surface area contributed by atoms with E-state index in [9.17, 15) is 0 Å². The van der Waals surface area contributed by atoms with Crippen LogP contribution in [0.15, 0.2) is 283 Å². The van der Waals surface area contributed by atoms with Gasteiger partial charge in [-0.3, -0.25) is 0 Å². The second-order valence-electron chi connectivity index (χ2n) is 20.7. The molecule has 5 nitrogen and oxygen atoms in total. The van der Waals surface area contributed by atoms with E-state index in [0.717, 1.165) is 94.3 Å². The summed E-state index contributed by atoms with van der Waals surface area (Å²) in [6.07, 6.45) is 0. The monoisotopic (exact) mass is 1020 g/mol. The van der Waals surface area contributed by atoms with Crippen molar-refractivity contribution in [2.24, 2.45) is 0 Å². The number of hydrogen-bond acceptors (Lipinski definition) is 4. The van der Waals surface area contributed by atoms with E-state index in [1.165, 1.54) is 48.7 Å². The third-order valence-corrected chi connectivity index (χ3v) is 16.0. The Morgan fingerprint density at radius 1 is 0.250 bits per heavy atom. The molecule has 0 aliphatic heterocycles. The highest BCUT2D eigenvalue weighted by Crippen LogP contribution is 2.46. The molecule has 372 valence electrons. The van der Waals surface area contributed by atoms with Gasteiger partial charge in [0.15, 0.2) is 17.5 Å². The van der Waals surface area contributed by atoms with Gasteiger partial charge in [0.25, 0.3) is 0 Å². The number of rotatable bonds is 8. The zero-order valence-corrected chi connectivity index (χ0v) is 43.3. The summed E-state index contributed by atoms with van der Waals surface area (Å²) in [5.41, 5.74) is 16.3. The molecule has 80 heavy (non-hydrogen) atoms. The maximum atomic E-state index is 7.10. The molecule has 0 aliphatic carbocycles. The highest BCUT2D eigenvalue weighted by molar-refractivity contribution is 6.24. The van der Waals surface area contributed by atoms with Crippen molar-refractivity contribution in [1.29, 1.82) is 0 Å². The predicted octanol–water partition coefficient (Wildman–Crippen LogP) is 20.0. The lowest BCUT2D eigenvalue weighted by atomic mass is 9.94. The average Bonchev–Trinajstić information content (AvgIpc) is 4.19. The lowest BCUT2D eigenvalue weighted by molar-refractivity contribution is 0.668. The number of fused-ring (bicyclic) bond motifs is 10. The Labute approximate surface area is 461 Å². The molecule has 0 saturated carbocycles. The van der Waals surface area contributed by atoms with Crippen LogP contribution in [0, 0.1) is 0 Å². The van der Waals surface area contributed by atoms with Crippen LogP contribution in [0.5, 0.6) is 0 Å². The van der Waals surface area contributed by atoms with Crippen LogP contribution < -0.4 is 0 Å². The van der Waals surface area contributed by atoms with Crippen molar-refractivity contribution in [2.75, 3.05) is 0 Å². The molecular weight excluding hydrogens is 973 g/mol. The van der Waals surface area contributed by atoms with E-state index < -0.39 is 0 Å². The maximum absolute atomic E-state index is 7.10. The first-order valence-corrected chi connectivity index (χ1v) is 27.1. The van der Waals surface area contributed by atoms with Crippen LogP contribution in [0.3, 0.4) is 0 Å². The summed E-state index contributed by atoms with van der Waals surface area (Å²) in [4.78, 5) is 16.1. The molecule has 0 N–H and O–H groups in total. The maximum Gasteiger partial charge on any atom is 0.164 e. The second kappa shape index (κ2) is 18.5. The van der Waals surface area contributed by atoms with Crippen LogP contribution in [0.2, 0.25) is 0 Å². The van der Waals surface area contributed by atoms with Gasteiger partial charge in [-0.15, -0.1) is 0 Å². The van der Waals surface area contributed by atoms with Gasteiger partial charge in [0.1, 0.15) is 11.2 Å². The molecule has 0 aliphatic rings. The van der Waals surface area contributed by atoms with Gasteiger partial charge in [0.05, 0.1) is 16.7 Å². The molecule has 0 atom stereocenters. The zero-order chi connectivity index (χ0) is 52.7. The Morgan fingerprint density at radius 2 is 0.762 bits per heavy atom. The van der Waals surface area contributed by atoms with Crippen molar-refractivity contribution in [2.45, 2.75) is 0 Å². The molecule has 0 fully saturated rings. The minimum atomic E-state index is 0.555. The zero-order valence-electron chi connectivity index (χ0n) is 43.3. The molecule has 3 aromatic heterocycles. The summed E-state index contributed by atoms with van der Waals surface area (Å²) < 4.78 is 9.56. The molecule has 3 heterocycles. The third kappa shape index (κ3) is 7.59. The molecule has 0 bridgehead atoms. The molecule has 0 saturated heterocycles. The Bertz CT molecular complexity index is 5010. The number of aromatic nitrogens is 4. The van der Waals surface area contributed by atoms with Crippen LogP contribution in [-0.2, 0) is 0 Å². The summed E-state index contributed by atoms with van der Waals surface area (Å²) in [5, 5.41) is 11.6. The van der Waals surface area contributed by atoms with Crippen molar-refractivity contribution in [1.82, 2.24) is 19.5 Å². The van der Waals surface area contributed by atoms with E-state index in [1.807, 2.05) is 18.2 Å². The molecule has 16 rings (SSSR count). The first-order chi connectivity index (χ1) is 39.6. The number of benzene rings is 13. The van der Waals surface area contributed by atoms with Crippen LogP contribution in [-0.4, -0.2) is 19.5 Å². The van der Waals surface area contributed by atoms with Crippen LogP contribution in [0.1, 0.15) is 0 Å². The fourth-order valence-corrected chi connectivity index (χ4v) is 12.2. The van der Waals surface area contributed by atoms with E-state index in [2.05, 4.69) is 265 Å². The van der Waals surface area contributed by atoms with Crippen molar-refractivity contribution in [3.63, 3.8) is 0 Å². The van der Waals surface area contributed by atoms with Crippen LogP contribution in [0.4, 0.5) is 0 Å². The molecule has 0 amide bonds. The normalized spacial score (nSPS) is 11.8. The Hall–Kier alpha value is -10.8. The number of hydrogen-bond donors (Lipinski definition) is 0. The molecule has 0 spiro atoms. The minimum Gasteiger partial charge on any atom is -0.456 e. The van der Waals surface area contributed by atoms with Crippen molar-refractivity contribution in [3.05, 3.63) is 279 Å². The quantitative estimate of drug-likeness (QED) is 0.152. The first-order valence-electron chi connectivity index (χ1n) is 27.1. The SMILES string of the molecule is c1ccc(-c2cccc(-c3nc(-c4cccc(-c5ccccc5)c4)nc(-c4cccc5oc6cc(-n7c8cc9ccccc9cc8c8c9ccccc9ccc87)c(-c7ccc(-c8cccc9ccccc89)cc7)cc6c45)n3)c2)cc1. The van der Waals surface area contributed by atoms with E-state index in [1.54, 1.807) is 0 Å². The van der Waals surface area contributed by atoms with Gasteiger partial charge in [-0.2, -0.15) is 0 Å². The largest absolute Gasteiger partial charge is 0.456 e. The van der Waals surface area contributed by atoms with Crippen LogP contribution in [0.25, 0.3) is 160 Å². The second-order valence-corrected chi connectivity index (χ2v) is 20.7. The van der Waals surface area contributed by atoms with Gasteiger partial charge in [0, 0.05) is 49.9 Å². The van der Waals surface area contributed by atoms with E-state index in [0.29, 0.717) is 17.5 Å². The average molecular weight is 1020 g/mol. The summed E-state index contributed by atoms with van der Waals surface area (Å²) in [6.45, 7) is 0. The van der Waals surface area contributed by atoms with Gasteiger partial charge in [0.2, 0.25) is 0 Å². The molecule has 0 unspecified atom stereocenters. The predicted molar refractivity (Wildman–Crippen MR) is 332 cm³/mol. The van der Waals surface area contributed by atoms with E-state index >= 15 is 0 Å². The molecule has 13 aromatic carbocycles. The molecule has 16 aromatic rings. The smallest absolute Gasteiger partial charge is 0.164 e. The molecule has 0 radical (unpaired) electrons. The molecule has 5 heteroatoms. The van der Waals surface area contributed by atoms with Gasteiger partial charge in [-0.05, 0) is 114 Å². The fourth-order valence-electron chi connectivity index (χ4n) is 12.2.